The van der Waals surface area contributed by atoms with Crippen molar-refractivity contribution in [3.8, 4) is 0 Å². The van der Waals surface area contributed by atoms with E-state index in [2.05, 4.69) is 5.32 Å². The quantitative estimate of drug-likeness (QED) is 0.402. The zero-order valence-corrected chi connectivity index (χ0v) is 12.6. The average Bonchev–Trinajstić information content (AvgIpc) is 2.40. The van der Waals surface area contributed by atoms with Gasteiger partial charge in [-0.15, -0.1) is 0 Å². The molecule has 0 aromatic heterocycles. The number of hydrogen-bond donors (Lipinski definition) is 2. The van der Waals surface area contributed by atoms with Gasteiger partial charge in [0.1, 0.15) is 12.6 Å². The van der Waals surface area contributed by atoms with Crippen LogP contribution in [0.4, 0.5) is 0 Å². The summed E-state index contributed by atoms with van der Waals surface area (Å²) in [6.07, 6.45) is -0.0877. The number of ether oxygens (including phenoxy) is 3. The molecule has 0 bridgehead atoms. The fraction of sp³-hybridized carbons (Fsp3) is 0.769. The summed E-state index contributed by atoms with van der Waals surface area (Å²) in [5.74, 6) is -2.86. The Morgan fingerprint density at radius 1 is 1.24 bits per heavy atom. The molecule has 0 spiro atoms. The maximum Gasteiger partial charge on any atom is 0.326 e. The lowest BCUT2D eigenvalue weighted by Crippen LogP contribution is -2.47. The number of rotatable bonds is 11. The Hall–Kier alpha value is -1.67. The van der Waals surface area contributed by atoms with Crippen molar-refractivity contribution in [2.75, 3.05) is 33.5 Å². The average molecular weight is 305 g/mol. The zero-order valence-electron chi connectivity index (χ0n) is 12.6. The molecule has 0 saturated heterocycles. The second-order valence-corrected chi connectivity index (χ2v) is 4.42. The van der Waals surface area contributed by atoms with Crippen LogP contribution in [-0.4, -0.2) is 62.5 Å². The summed E-state index contributed by atoms with van der Waals surface area (Å²) in [4.78, 5) is 34.1. The molecule has 0 heterocycles. The number of carbonyl (C=O) groups is 3. The van der Waals surface area contributed by atoms with Crippen molar-refractivity contribution in [2.45, 2.75) is 26.3 Å². The van der Waals surface area contributed by atoms with Crippen molar-refractivity contribution in [2.24, 2.45) is 5.92 Å². The van der Waals surface area contributed by atoms with Gasteiger partial charge in [-0.05, 0) is 12.8 Å². The third-order valence-corrected chi connectivity index (χ3v) is 2.61. The number of carboxylic acids is 1. The molecule has 0 saturated carbocycles. The number of hydrogen-bond acceptors (Lipinski definition) is 6. The molecule has 0 fully saturated rings. The minimum atomic E-state index is -1.21. The molecule has 0 aromatic rings. The van der Waals surface area contributed by atoms with Crippen molar-refractivity contribution in [3.05, 3.63) is 0 Å². The van der Waals surface area contributed by atoms with Crippen molar-refractivity contribution >= 4 is 17.8 Å². The van der Waals surface area contributed by atoms with Crippen LogP contribution in [0.2, 0.25) is 0 Å². The smallest absolute Gasteiger partial charge is 0.326 e. The van der Waals surface area contributed by atoms with E-state index in [0.29, 0.717) is 6.61 Å². The van der Waals surface area contributed by atoms with Gasteiger partial charge in [0.2, 0.25) is 5.91 Å². The van der Waals surface area contributed by atoms with E-state index in [1.807, 2.05) is 0 Å². The summed E-state index contributed by atoms with van der Waals surface area (Å²) in [5.41, 5.74) is 0. The Morgan fingerprint density at radius 2 is 1.90 bits per heavy atom. The standard InChI is InChI=1S/C13H23NO7/c1-4-21-11(16)7-9(2)12(13(17)18)14-10(15)8-20-6-5-19-3/h9,12H,4-8H2,1-3H3,(H,14,15)(H,17,18)/t9-,12+/m0/s1. The van der Waals surface area contributed by atoms with E-state index in [1.54, 1.807) is 13.8 Å². The van der Waals surface area contributed by atoms with Crippen LogP contribution in [0.3, 0.4) is 0 Å². The Morgan fingerprint density at radius 3 is 2.43 bits per heavy atom. The number of methoxy groups -OCH3 is 1. The maximum absolute atomic E-state index is 11.6. The van der Waals surface area contributed by atoms with Crippen LogP contribution in [0.5, 0.6) is 0 Å². The van der Waals surface area contributed by atoms with Crippen LogP contribution in [0.1, 0.15) is 20.3 Å². The molecule has 0 aliphatic heterocycles. The Kier molecular flexibility index (Phi) is 10.2. The van der Waals surface area contributed by atoms with Crippen LogP contribution in [-0.2, 0) is 28.6 Å². The molecule has 0 aromatic carbocycles. The van der Waals surface area contributed by atoms with E-state index >= 15 is 0 Å². The summed E-state index contributed by atoms with van der Waals surface area (Å²) in [5, 5.41) is 11.4. The lowest BCUT2D eigenvalue weighted by Gasteiger charge is -2.20. The molecular weight excluding hydrogens is 282 g/mol. The van der Waals surface area contributed by atoms with Crippen LogP contribution >= 0.6 is 0 Å². The zero-order chi connectivity index (χ0) is 16.3. The molecule has 122 valence electrons. The first-order valence-corrected chi connectivity index (χ1v) is 6.66. The SMILES string of the molecule is CCOC(=O)C[C@H](C)[C@@H](NC(=O)COCCOC)C(=O)O. The molecule has 1 amide bonds. The van der Waals surface area contributed by atoms with E-state index in [4.69, 9.17) is 19.3 Å². The highest BCUT2D eigenvalue weighted by atomic mass is 16.5. The van der Waals surface area contributed by atoms with Crippen LogP contribution in [0, 0.1) is 5.92 Å². The van der Waals surface area contributed by atoms with Crippen molar-refractivity contribution in [3.63, 3.8) is 0 Å². The van der Waals surface area contributed by atoms with Crippen LogP contribution in [0.25, 0.3) is 0 Å². The molecule has 21 heavy (non-hydrogen) atoms. The van der Waals surface area contributed by atoms with Gasteiger partial charge in [-0.2, -0.15) is 0 Å². The Labute approximate surface area is 123 Å². The highest BCUT2D eigenvalue weighted by Crippen LogP contribution is 2.10. The Balaban J connectivity index is 4.31. The van der Waals surface area contributed by atoms with Gasteiger partial charge in [0.25, 0.3) is 0 Å². The maximum atomic E-state index is 11.6. The topological polar surface area (TPSA) is 111 Å². The molecule has 8 nitrogen and oxygen atoms in total. The van der Waals surface area contributed by atoms with Gasteiger partial charge < -0.3 is 24.6 Å². The predicted molar refractivity (Wildman–Crippen MR) is 72.7 cm³/mol. The van der Waals surface area contributed by atoms with E-state index in [1.165, 1.54) is 7.11 Å². The van der Waals surface area contributed by atoms with Gasteiger partial charge in [-0.3, -0.25) is 9.59 Å². The molecule has 0 aliphatic carbocycles. The van der Waals surface area contributed by atoms with Gasteiger partial charge in [0.15, 0.2) is 0 Å². The van der Waals surface area contributed by atoms with Gasteiger partial charge >= 0.3 is 11.9 Å². The van der Waals surface area contributed by atoms with E-state index in [-0.39, 0.29) is 26.2 Å². The number of esters is 1. The molecule has 8 heteroatoms. The van der Waals surface area contributed by atoms with Gasteiger partial charge in [-0.25, -0.2) is 4.79 Å². The minimum Gasteiger partial charge on any atom is -0.480 e. The summed E-state index contributed by atoms with van der Waals surface area (Å²) >= 11 is 0. The Bertz CT molecular complexity index is 345. The van der Waals surface area contributed by atoms with Gasteiger partial charge in [-0.1, -0.05) is 6.92 Å². The molecule has 0 radical (unpaired) electrons. The minimum absolute atomic E-state index is 0.0877. The molecule has 2 N–H and O–H groups in total. The third-order valence-electron chi connectivity index (χ3n) is 2.61. The lowest BCUT2D eigenvalue weighted by molar-refractivity contribution is -0.147. The fourth-order valence-corrected chi connectivity index (χ4v) is 1.57. The third kappa shape index (κ3) is 8.98. The van der Waals surface area contributed by atoms with E-state index < -0.39 is 29.8 Å². The second-order valence-electron chi connectivity index (χ2n) is 4.42. The number of amides is 1. The second kappa shape index (κ2) is 11.0. The van der Waals surface area contributed by atoms with Gasteiger partial charge in [0.05, 0.1) is 26.2 Å². The fourth-order valence-electron chi connectivity index (χ4n) is 1.57. The first kappa shape index (κ1) is 19.3. The van der Waals surface area contributed by atoms with E-state index in [0.717, 1.165) is 0 Å². The number of carboxylic acid groups (broad SMARTS) is 1. The van der Waals surface area contributed by atoms with Crippen molar-refractivity contribution < 1.29 is 33.7 Å². The number of aliphatic carboxylic acids is 1. The highest BCUT2D eigenvalue weighted by molar-refractivity contribution is 5.85. The lowest BCUT2D eigenvalue weighted by atomic mass is 9.98. The monoisotopic (exact) mass is 305 g/mol. The highest BCUT2D eigenvalue weighted by Gasteiger charge is 2.28. The summed E-state index contributed by atoms with van der Waals surface area (Å²) in [6, 6.07) is -1.17. The first-order chi connectivity index (χ1) is 9.92. The van der Waals surface area contributed by atoms with Crippen molar-refractivity contribution in [1.29, 1.82) is 0 Å². The summed E-state index contributed by atoms with van der Waals surface area (Å²) < 4.78 is 14.5. The molecular formula is C13H23NO7. The van der Waals surface area contributed by atoms with Gasteiger partial charge in [0, 0.05) is 7.11 Å². The molecule has 0 unspecified atom stereocenters. The number of nitrogens with one attached hydrogen (secondary N) is 1. The normalized spacial score (nSPS) is 13.3. The molecule has 2 atom stereocenters. The first-order valence-electron chi connectivity index (χ1n) is 6.66. The van der Waals surface area contributed by atoms with E-state index in [9.17, 15) is 14.4 Å². The summed E-state index contributed by atoms with van der Waals surface area (Å²) in [7, 11) is 1.50. The van der Waals surface area contributed by atoms with Crippen molar-refractivity contribution in [1.82, 2.24) is 5.32 Å². The van der Waals surface area contributed by atoms with Crippen LogP contribution in [0.15, 0.2) is 0 Å². The number of carbonyl (C=O) groups excluding carboxylic acids is 2. The van der Waals surface area contributed by atoms with Crippen LogP contribution < -0.4 is 5.32 Å². The summed E-state index contributed by atoms with van der Waals surface area (Å²) in [6.45, 7) is 3.76. The molecule has 0 aliphatic rings. The molecule has 0 rings (SSSR count). The predicted octanol–water partition coefficient (Wildman–Crippen LogP) is -0.192. The largest absolute Gasteiger partial charge is 0.480 e.